The molecule has 4 rings (SSSR count). The van der Waals surface area contributed by atoms with Gasteiger partial charge in [0.05, 0.1) is 23.8 Å². The van der Waals surface area contributed by atoms with Gasteiger partial charge in [0, 0.05) is 17.7 Å². The van der Waals surface area contributed by atoms with Gasteiger partial charge in [-0.25, -0.2) is 10.2 Å². The lowest BCUT2D eigenvalue weighted by molar-refractivity contribution is -0.384. The molecule has 0 saturated heterocycles. The monoisotopic (exact) mass is 469 g/mol. The highest BCUT2D eigenvalue weighted by molar-refractivity contribution is 6.05. The smallest absolute Gasteiger partial charge is 0.344 e. The van der Waals surface area contributed by atoms with Gasteiger partial charge in [0.2, 0.25) is 0 Å². The Balaban J connectivity index is 1.47. The Morgan fingerprint density at radius 2 is 1.71 bits per heavy atom. The molecular formula is C26H19N3O6. The highest BCUT2D eigenvalue weighted by Gasteiger charge is 2.15. The molecule has 0 aliphatic carbocycles. The van der Waals surface area contributed by atoms with E-state index in [1.807, 2.05) is 30.3 Å². The average Bonchev–Trinajstić information content (AvgIpc) is 2.89. The summed E-state index contributed by atoms with van der Waals surface area (Å²) >= 11 is 0. The number of ether oxygens (including phenoxy) is 2. The van der Waals surface area contributed by atoms with Gasteiger partial charge in [0.25, 0.3) is 11.6 Å². The summed E-state index contributed by atoms with van der Waals surface area (Å²) in [6, 6.07) is 23.0. The summed E-state index contributed by atoms with van der Waals surface area (Å²) in [5.41, 5.74) is 3.22. The molecular weight excluding hydrogens is 450 g/mol. The number of nitro benzene ring substituents is 1. The molecule has 4 aromatic carbocycles. The topological polar surface area (TPSA) is 120 Å². The van der Waals surface area contributed by atoms with Gasteiger partial charge in [-0.05, 0) is 46.7 Å². The highest BCUT2D eigenvalue weighted by Crippen LogP contribution is 2.29. The van der Waals surface area contributed by atoms with Crippen molar-refractivity contribution in [3.8, 4) is 11.5 Å². The Labute approximate surface area is 199 Å². The molecule has 0 aromatic heterocycles. The molecule has 0 aliphatic heterocycles. The van der Waals surface area contributed by atoms with Crippen LogP contribution in [0, 0.1) is 10.1 Å². The van der Waals surface area contributed by atoms with Crippen molar-refractivity contribution < 1.29 is 24.0 Å². The molecule has 9 nitrogen and oxygen atoms in total. The minimum Gasteiger partial charge on any atom is -0.493 e. The lowest BCUT2D eigenvalue weighted by atomic mass is 10.0. The molecule has 0 radical (unpaired) electrons. The third-order valence-electron chi connectivity index (χ3n) is 5.10. The van der Waals surface area contributed by atoms with Gasteiger partial charge < -0.3 is 9.47 Å². The van der Waals surface area contributed by atoms with Crippen molar-refractivity contribution in [2.24, 2.45) is 5.10 Å². The van der Waals surface area contributed by atoms with Crippen LogP contribution in [-0.2, 0) is 0 Å². The fourth-order valence-electron chi connectivity index (χ4n) is 3.40. The van der Waals surface area contributed by atoms with Crippen molar-refractivity contribution in [1.82, 2.24) is 5.43 Å². The van der Waals surface area contributed by atoms with E-state index in [0.717, 1.165) is 16.8 Å². The number of esters is 1. The molecule has 0 unspecified atom stereocenters. The number of hydrazone groups is 1. The Kier molecular flexibility index (Phi) is 6.78. The zero-order valence-electron chi connectivity index (χ0n) is 18.5. The summed E-state index contributed by atoms with van der Waals surface area (Å²) in [6.07, 6.45) is 1.37. The zero-order valence-corrected chi connectivity index (χ0v) is 18.5. The van der Waals surface area contributed by atoms with E-state index >= 15 is 0 Å². The van der Waals surface area contributed by atoms with Crippen molar-refractivity contribution in [2.75, 3.05) is 7.11 Å². The number of hydrogen-bond donors (Lipinski definition) is 1. The maximum absolute atomic E-state index is 12.8. The lowest BCUT2D eigenvalue weighted by Crippen LogP contribution is -2.17. The van der Waals surface area contributed by atoms with Crippen molar-refractivity contribution in [1.29, 1.82) is 0 Å². The van der Waals surface area contributed by atoms with Crippen molar-refractivity contribution in [2.45, 2.75) is 0 Å². The van der Waals surface area contributed by atoms with Crippen LogP contribution in [0.2, 0.25) is 0 Å². The third kappa shape index (κ3) is 5.31. The van der Waals surface area contributed by atoms with E-state index in [1.165, 1.54) is 31.5 Å². The van der Waals surface area contributed by atoms with Crippen LogP contribution in [-0.4, -0.2) is 30.1 Å². The standard InChI is InChI=1S/C26H19N3O6/c1-34-24-14-17(16-27-28-25(30)19-8-4-9-20(15-19)29(32)33)12-13-23(24)35-26(31)22-11-5-7-18-6-2-3-10-21(18)22/h2-16H,1H3,(H,28,30)/b27-16-. The molecule has 0 bridgehead atoms. The van der Waals surface area contributed by atoms with E-state index in [2.05, 4.69) is 10.5 Å². The molecule has 0 aliphatic rings. The molecule has 35 heavy (non-hydrogen) atoms. The van der Waals surface area contributed by atoms with Crippen molar-refractivity contribution in [3.05, 3.63) is 112 Å². The molecule has 1 amide bonds. The first kappa shape index (κ1) is 23.1. The maximum atomic E-state index is 12.8. The number of nitrogens with one attached hydrogen (secondary N) is 1. The average molecular weight is 469 g/mol. The number of carbonyl (C=O) groups excluding carboxylic acids is 2. The van der Waals surface area contributed by atoms with E-state index < -0.39 is 16.8 Å². The number of methoxy groups -OCH3 is 1. The first-order valence-electron chi connectivity index (χ1n) is 10.4. The SMILES string of the molecule is COc1cc(/C=N\NC(=O)c2cccc([N+](=O)[O-])c2)ccc1OC(=O)c1cccc2ccccc12. The summed E-state index contributed by atoms with van der Waals surface area (Å²) in [7, 11) is 1.44. The molecule has 0 spiro atoms. The van der Waals surface area contributed by atoms with E-state index in [4.69, 9.17) is 9.47 Å². The normalized spacial score (nSPS) is 10.8. The highest BCUT2D eigenvalue weighted by atomic mass is 16.6. The largest absolute Gasteiger partial charge is 0.493 e. The number of fused-ring (bicyclic) bond motifs is 1. The predicted octanol–water partition coefficient (Wildman–Crippen LogP) is 4.74. The second-order valence-corrected chi connectivity index (χ2v) is 7.33. The van der Waals surface area contributed by atoms with Crippen LogP contribution in [0.4, 0.5) is 5.69 Å². The maximum Gasteiger partial charge on any atom is 0.344 e. The molecule has 174 valence electrons. The number of carbonyl (C=O) groups is 2. The fraction of sp³-hybridized carbons (Fsp3) is 0.0385. The number of amides is 1. The van der Waals surface area contributed by atoms with Crippen LogP contribution in [0.1, 0.15) is 26.3 Å². The second-order valence-electron chi connectivity index (χ2n) is 7.33. The van der Waals surface area contributed by atoms with E-state index in [1.54, 1.807) is 30.3 Å². The third-order valence-corrected chi connectivity index (χ3v) is 5.10. The Morgan fingerprint density at radius 1 is 0.943 bits per heavy atom. The Morgan fingerprint density at radius 3 is 2.51 bits per heavy atom. The van der Waals surface area contributed by atoms with E-state index in [9.17, 15) is 19.7 Å². The molecule has 0 fully saturated rings. The van der Waals surface area contributed by atoms with Gasteiger partial charge in [-0.3, -0.25) is 14.9 Å². The minimum atomic E-state index is -0.599. The number of nitrogens with zero attached hydrogens (tertiary/aromatic N) is 2. The van der Waals surface area contributed by atoms with Gasteiger partial charge in [-0.2, -0.15) is 5.10 Å². The van der Waals surface area contributed by atoms with Crippen molar-refractivity contribution in [3.63, 3.8) is 0 Å². The number of benzene rings is 4. The zero-order chi connectivity index (χ0) is 24.8. The van der Waals surface area contributed by atoms with Crippen LogP contribution in [0.5, 0.6) is 11.5 Å². The summed E-state index contributed by atoms with van der Waals surface area (Å²) in [5.74, 6) is -0.598. The molecule has 9 heteroatoms. The summed E-state index contributed by atoms with van der Waals surface area (Å²) in [4.78, 5) is 35.3. The molecule has 1 N–H and O–H groups in total. The van der Waals surface area contributed by atoms with Crippen molar-refractivity contribution >= 4 is 34.6 Å². The van der Waals surface area contributed by atoms with Crippen LogP contribution < -0.4 is 14.9 Å². The Bertz CT molecular complexity index is 1460. The van der Waals surface area contributed by atoms with Gasteiger partial charge in [0.15, 0.2) is 11.5 Å². The molecule has 0 saturated carbocycles. The minimum absolute atomic E-state index is 0.102. The number of non-ortho nitro benzene ring substituents is 1. The van der Waals surface area contributed by atoms with Gasteiger partial charge >= 0.3 is 5.97 Å². The fourth-order valence-corrected chi connectivity index (χ4v) is 3.40. The number of hydrogen-bond acceptors (Lipinski definition) is 7. The first-order chi connectivity index (χ1) is 17.0. The summed E-state index contributed by atoms with van der Waals surface area (Å²) in [5, 5.41) is 16.5. The first-order valence-corrected chi connectivity index (χ1v) is 10.4. The lowest BCUT2D eigenvalue weighted by Gasteiger charge is -2.11. The Hall–Kier alpha value is -5.05. The molecule has 0 heterocycles. The summed E-state index contributed by atoms with van der Waals surface area (Å²) in [6.45, 7) is 0. The van der Waals surface area contributed by atoms with Gasteiger partial charge in [-0.1, -0.05) is 42.5 Å². The quantitative estimate of drug-likeness (QED) is 0.137. The predicted molar refractivity (Wildman–Crippen MR) is 130 cm³/mol. The molecule has 4 aromatic rings. The van der Waals surface area contributed by atoms with E-state index in [0.29, 0.717) is 16.9 Å². The van der Waals surface area contributed by atoms with Gasteiger partial charge in [0.1, 0.15) is 0 Å². The van der Waals surface area contributed by atoms with Gasteiger partial charge in [-0.15, -0.1) is 0 Å². The van der Waals surface area contributed by atoms with Crippen LogP contribution in [0.15, 0.2) is 90.0 Å². The van der Waals surface area contributed by atoms with Crippen LogP contribution >= 0.6 is 0 Å². The van der Waals surface area contributed by atoms with E-state index in [-0.39, 0.29) is 17.0 Å². The number of rotatable bonds is 7. The number of nitro groups is 1. The molecule has 0 atom stereocenters. The van der Waals surface area contributed by atoms with Crippen LogP contribution in [0.3, 0.4) is 0 Å². The van der Waals surface area contributed by atoms with Crippen LogP contribution in [0.25, 0.3) is 10.8 Å². The second kappa shape index (κ2) is 10.3. The summed E-state index contributed by atoms with van der Waals surface area (Å²) < 4.78 is 10.9.